The molecule has 26 heavy (non-hydrogen) atoms. The van der Waals surface area contributed by atoms with Crippen LogP contribution in [0.5, 0.6) is 5.75 Å². The van der Waals surface area contributed by atoms with Crippen LogP contribution in [-0.2, 0) is 4.79 Å². The van der Waals surface area contributed by atoms with Crippen molar-refractivity contribution < 1.29 is 19.6 Å². The third-order valence-electron chi connectivity index (χ3n) is 3.61. The second kappa shape index (κ2) is 7.96. The summed E-state index contributed by atoms with van der Waals surface area (Å²) < 4.78 is 0.887. The van der Waals surface area contributed by atoms with Crippen molar-refractivity contribution in [3.05, 3.63) is 62.1 Å². The van der Waals surface area contributed by atoms with E-state index in [1.165, 1.54) is 13.1 Å². The lowest BCUT2D eigenvalue weighted by molar-refractivity contribution is -0.385. The van der Waals surface area contributed by atoms with Gasteiger partial charge >= 0.3 is 5.69 Å². The van der Waals surface area contributed by atoms with Crippen LogP contribution in [0.15, 0.2) is 40.9 Å². The molecule has 8 nitrogen and oxygen atoms in total. The molecule has 0 aliphatic heterocycles. The van der Waals surface area contributed by atoms with Gasteiger partial charge in [-0.3, -0.25) is 19.7 Å². The Morgan fingerprint density at radius 1 is 1.27 bits per heavy atom. The number of hydrogen-bond donors (Lipinski definition) is 2. The van der Waals surface area contributed by atoms with Crippen LogP contribution >= 0.6 is 15.9 Å². The number of nitrogens with zero attached hydrogens (tertiary/aromatic N) is 2. The first-order valence-electron chi connectivity index (χ1n) is 7.48. The molecular weight excluding hydrogens is 406 g/mol. The van der Waals surface area contributed by atoms with Gasteiger partial charge in [0.1, 0.15) is 0 Å². The molecule has 0 aromatic heterocycles. The van der Waals surface area contributed by atoms with Gasteiger partial charge < -0.3 is 15.3 Å². The molecule has 2 amide bonds. The number of aromatic hydroxyl groups is 1. The van der Waals surface area contributed by atoms with Gasteiger partial charge in [-0.1, -0.05) is 15.9 Å². The van der Waals surface area contributed by atoms with Crippen LogP contribution < -0.4 is 5.32 Å². The van der Waals surface area contributed by atoms with Gasteiger partial charge in [-0.25, -0.2) is 0 Å². The van der Waals surface area contributed by atoms with Crippen LogP contribution in [0.1, 0.15) is 15.9 Å². The highest BCUT2D eigenvalue weighted by Crippen LogP contribution is 2.26. The fourth-order valence-electron chi connectivity index (χ4n) is 2.28. The molecule has 2 N–H and O–H groups in total. The van der Waals surface area contributed by atoms with E-state index in [-0.39, 0.29) is 12.1 Å². The van der Waals surface area contributed by atoms with Crippen molar-refractivity contribution >= 4 is 39.1 Å². The Labute approximate surface area is 157 Å². The van der Waals surface area contributed by atoms with E-state index in [9.17, 15) is 24.8 Å². The molecule has 2 aromatic rings. The Morgan fingerprint density at radius 3 is 2.54 bits per heavy atom. The normalized spacial score (nSPS) is 10.3. The number of hydrogen-bond acceptors (Lipinski definition) is 5. The molecule has 9 heteroatoms. The van der Waals surface area contributed by atoms with E-state index >= 15 is 0 Å². The Hall–Kier alpha value is -2.94. The van der Waals surface area contributed by atoms with Crippen LogP contribution in [0, 0.1) is 17.0 Å². The standard InChI is InChI=1S/C17H16BrN3O5/c1-10-7-12(18)4-5-13(10)19-16(23)9-20(2)17(24)11-3-6-14(21(25)26)15(22)8-11/h3-8,22H,9H2,1-2H3,(H,19,23). The number of nitro groups is 1. The summed E-state index contributed by atoms with van der Waals surface area (Å²) in [5.74, 6) is -1.54. The third-order valence-corrected chi connectivity index (χ3v) is 4.10. The van der Waals surface area contributed by atoms with E-state index in [1.54, 1.807) is 12.1 Å². The fraction of sp³-hybridized carbons (Fsp3) is 0.176. The molecule has 0 saturated carbocycles. The molecule has 0 heterocycles. The Balaban J connectivity index is 2.05. The van der Waals surface area contributed by atoms with E-state index in [0.29, 0.717) is 5.69 Å². The van der Waals surface area contributed by atoms with Crippen LogP contribution in [0.4, 0.5) is 11.4 Å². The number of nitro benzene ring substituents is 1. The number of benzene rings is 2. The lowest BCUT2D eigenvalue weighted by atomic mass is 10.1. The average Bonchev–Trinajstić information content (AvgIpc) is 2.56. The van der Waals surface area contributed by atoms with Crippen molar-refractivity contribution in [2.45, 2.75) is 6.92 Å². The highest BCUT2D eigenvalue weighted by molar-refractivity contribution is 9.10. The summed E-state index contributed by atoms with van der Waals surface area (Å²) in [4.78, 5) is 35.6. The van der Waals surface area contributed by atoms with Crippen molar-refractivity contribution in [2.24, 2.45) is 0 Å². The lowest BCUT2D eigenvalue weighted by Gasteiger charge is -2.17. The van der Waals surface area contributed by atoms with Gasteiger partial charge in [0.05, 0.1) is 11.5 Å². The van der Waals surface area contributed by atoms with Gasteiger partial charge in [-0.15, -0.1) is 0 Å². The minimum atomic E-state index is -0.749. The molecule has 0 saturated heterocycles. The van der Waals surface area contributed by atoms with Crippen molar-refractivity contribution in [1.82, 2.24) is 4.90 Å². The summed E-state index contributed by atoms with van der Waals surface area (Å²) in [6, 6.07) is 8.66. The molecule has 2 aromatic carbocycles. The first-order chi connectivity index (χ1) is 12.2. The zero-order valence-corrected chi connectivity index (χ0v) is 15.6. The summed E-state index contributed by atoms with van der Waals surface area (Å²) in [6.07, 6.45) is 0. The molecule has 0 radical (unpaired) electrons. The zero-order valence-electron chi connectivity index (χ0n) is 14.0. The van der Waals surface area contributed by atoms with Gasteiger partial charge in [0.15, 0.2) is 5.75 Å². The number of halogens is 1. The minimum absolute atomic E-state index is 0.0447. The number of anilines is 1. The Kier molecular flexibility index (Phi) is 5.93. The molecule has 0 unspecified atom stereocenters. The van der Waals surface area contributed by atoms with Crippen molar-refractivity contribution in [3.8, 4) is 5.75 Å². The summed E-state index contributed by atoms with van der Waals surface area (Å²) in [5.41, 5.74) is 1.05. The van der Waals surface area contributed by atoms with E-state index < -0.39 is 28.2 Å². The predicted molar refractivity (Wildman–Crippen MR) is 99.2 cm³/mol. The van der Waals surface area contributed by atoms with Crippen molar-refractivity contribution in [3.63, 3.8) is 0 Å². The molecule has 0 bridgehead atoms. The molecular formula is C17H16BrN3O5. The number of phenolic OH excluding ortho intramolecular Hbond substituents is 1. The van der Waals surface area contributed by atoms with Gasteiger partial charge in [-0.05, 0) is 42.8 Å². The zero-order chi connectivity index (χ0) is 19.4. The summed E-state index contributed by atoms with van der Waals surface area (Å²) in [7, 11) is 1.43. The number of likely N-dealkylation sites (N-methyl/N-ethyl adjacent to an activating group) is 1. The first-order valence-corrected chi connectivity index (χ1v) is 8.27. The maximum absolute atomic E-state index is 12.3. The van der Waals surface area contributed by atoms with E-state index in [4.69, 9.17) is 0 Å². The molecule has 0 aliphatic carbocycles. The Bertz CT molecular complexity index is 885. The highest BCUT2D eigenvalue weighted by atomic mass is 79.9. The quantitative estimate of drug-likeness (QED) is 0.568. The lowest BCUT2D eigenvalue weighted by Crippen LogP contribution is -2.35. The molecule has 2 rings (SSSR count). The average molecular weight is 422 g/mol. The predicted octanol–water partition coefficient (Wildman–Crippen LogP) is 3.08. The number of nitrogens with one attached hydrogen (secondary N) is 1. The molecule has 0 fully saturated rings. The second-order valence-corrected chi connectivity index (χ2v) is 6.54. The van der Waals surface area contributed by atoms with Crippen LogP contribution in [0.3, 0.4) is 0 Å². The number of rotatable bonds is 5. The summed E-state index contributed by atoms with van der Waals surface area (Å²) in [5, 5.41) is 23.0. The van der Waals surface area contributed by atoms with Crippen LogP contribution in [0.2, 0.25) is 0 Å². The highest BCUT2D eigenvalue weighted by Gasteiger charge is 2.20. The van der Waals surface area contributed by atoms with Gasteiger partial charge in [-0.2, -0.15) is 0 Å². The van der Waals surface area contributed by atoms with Gasteiger partial charge in [0, 0.05) is 28.8 Å². The smallest absolute Gasteiger partial charge is 0.310 e. The number of carbonyl (C=O) groups excluding carboxylic acids is 2. The largest absolute Gasteiger partial charge is 0.502 e. The molecule has 0 atom stereocenters. The fourth-order valence-corrected chi connectivity index (χ4v) is 2.75. The van der Waals surface area contributed by atoms with Crippen LogP contribution in [0.25, 0.3) is 0 Å². The number of carbonyl (C=O) groups is 2. The Morgan fingerprint density at radius 2 is 1.96 bits per heavy atom. The molecule has 136 valence electrons. The maximum atomic E-state index is 12.3. The third kappa shape index (κ3) is 4.57. The monoisotopic (exact) mass is 421 g/mol. The van der Waals surface area contributed by atoms with E-state index in [1.807, 2.05) is 13.0 Å². The summed E-state index contributed by atoms with van der Waals surface area (Å²) in [6.45, 7) is 1.63. The number of phenols is 1. The second-order valence-electron chi connectivity index (χ2n) is 5.63. The van der Waals surface area contributed by atoms with Crippen molar-refractivity contribution in [1.29, 1.82) is 0 Å². The minimum Gasteiger partial charge on any atom is -0.502 e. The SMILES string of the molecule is Cc1cc(Br)ccc1NC(=O)CN(C)C(=O)c1ccc([N+](=O)[O-])c(O)c1. The van der Waals surface area contributed by atoms with Crippen LogP contribution in [-0.4, -0.2) is 40.3 Å². The van der Waals surface area contributed by atoms with E-state index in [0.717, 1.165) is 27.1 Å². The van der Waals surface area contributed by atoms with Gasteiger partial charge in [0.2, 0.25) is 5.91 Å². The van der Waals surface area contributed by atoms with E-state index in [2.05, 4.69) is 21.2 Å². The first kappa shape index (κ1) is 19.4. The van der Waals surface area contributed by atoms with Crippen molar-refractivity contribution in [2.75, 3.05) is 18.9 Å². The number of amides is 2. The molecule has 0 aliphatic rings. The van der Waals surface area contributed by atoms with Gasteiger partial charge in [0.25, 0.3) is 5.91 Å². The topological polar surface area (TPSA) is 113 Å². The maximum Gasteiger partial charge on any atom is 0.310 e. The molecule has 0 spiro atoms. The summed E-state index contributed by atoms with van der Waals surface area (Å²) >= 11 is 3.34. The number of aryl methyl sites for hydroxylation is 1.